The topological polar surface area (TPSA) is 81.9 Å². The average molecular weight is 412 g/mol. The summed E-state index contributed by atoms with van der Waals surface area (Å²) in [7, 11) is 0. The average Bonchev–Trinajstić information content (AvgIpc) is 3.17. The first-order valence-electron chi connectivity index (χ1n) is 7.92. The van der Waals surface area contributed by atoms with Crippen LogP contribution >= 0.6 is 11.6 Å². The van der Waals surface area contributed by atoms with Gasteiger partial charge in [0.05, 0.1) is 16.9 Å². The molecule has 0 saturated heterocycles. The first-order valence-corrected chi connectivity index (χ1v) is 8.29. The van der Waals surface area contributed by atoms with Crippen molar-refractivity contribution >= 4 is 23.2 Å². The third-order valence-electron chi connectivity index (χ3n) is 3.68. The third-order valence-corrected chi connectivity index (χ3v) is 3.91. The zero-order valence-electron chi connectivity index (χ0n) is 14.3. The minimum atomic E-state index is -4.66. The van der Waals surface area contributed by atoms with Crippen LogP contribution in [0.15, 0.2) is 48.8 Å². The summed E-state index contributed by atoms with van der Waals surface area (Å²) in [5.41, 5.74) is -0.761. The van der Waals surface area contributed by atoms with Gasteiger partial charge in [-0.3, -0.25) is 4.79 Å². The van der Waals surface area contributed by atoms with Gasteiger partial charge in [0.15, 0.2) is 6.10 Å². The van der Waals surface area contributed by atoms with Crippen LogP contribution in [0, 0.1) is 0 Å². The number of aromatic nitrogens is 4. The number of benzene rings is 2. The normalized spacial score (nSPS) is 12.5. The first-order chi connectivity index (χ1) is 13.2. The first kappa shape index (κ1) is 19.6. The number of amides is 1. The number of nitrogens with one attached hydrogen (secondary N) is 1. The van der Waals surface area contributed by atoms with E-state index in [1.165, 1.54) is 24.0 Å². The highest BCUT2D eigenvalue weighted by molar-refractivity contribution is 6.30. The lowest BCUT2D eigenvalue weighted by atomic mass is 10.1. The largest absolute Gasteiger partial charge is 0.481 e. The zero-order chi connectivity index (χ0) is 20.3. The zero-order valence-corrected chi connectivity index (χ0v) is 15.1. The number of halogens is 4. The van der Waals surface area contributed by atoms with Gasteiger partial charge in [-0.25, -0.2) is 4.68 Å². The Kier molecular flexibility index (Phi) is 5.50. The monoisotopic (exact) mass is 411 g/mol. The molecule has 7 nitrogen and oxygen atoms in total. The van der Waals surface area contributed by atoms with Gasteiger partial charge in [-0.2, -0.15) is 13.2 Å². The SMILES string of the molecule is C[C@@H](Oc1ccc(-n2cnnn2)cc1)C(=O)Nc1ccc(Cl)cc1C(F)(F)F. The van der Waals surface area contributed by atoms with Crippen molar-refractivity contribution in [2.45, 2.75) is 19.2 Å². The fourth-order valence-corrected chi connectivity index (χ4v) is 2.48. The van der Waals surface area contributed by atoms with Gasteiger partial charge in [0.2, 0.25) is 0 Å². The van der Waals surface area contributed by atoms with Gasteiger partial charge in [-0.15, -0.1) is 5.10 Å². The van der Waals surface area contributed by atoms with Crippen LogP contribution in [0.5, 0.6) is 5.75 Å². The minimum Gasteiger partial charge on any atom is -0.481 e. The van der Waals surface area contributed by atoms with Gasteiger partial charge < -0.3 is 10.1 Å². The number of hydrogen-bond acceptors (Lipinski definition) is 5. The Morgan fingerprint density at radius 3 is 2.54 bits per heavy atom. The molecule has 0 radical (unpaired) electrons. The molecule has 0 aliphatic carbocycles. The molecule has 0 unspecified atom stereocenters. The van der Waals surface area contributed by atoms with E-state index in [1.54, 1.807) is 24.3 Å². The molecule has 1 aromatic heterocycles. The standard InChI is InChI=1S/C17H13ClF3N5O2/c1-10(28-13-5-3-12(4-6-13)26-9-22-24-25-26)16(27)23-15-7-2-11(18)8-14(15)17(19,20)21/h2-10H,1H3,(H,23,27)/t10-/m1/s1. The van der Waals surface area contributed by atoms with Gasteiger partial charge in [0.25, 0.3) is 5.91 Å². The van der Waals surface area contributed by atoms with Crippen molar-refractivity contribution in [2.24, 2.45) is 0 Å². The Bertz CT molecular complexity index is 962. The van der Waals surface area contributed by atoms with Crippen molar-refractivity contribution in [3.63, 3.8) is 0 Å². The lowest BCUT2D eigenvalue weighted by molar-refractivity contribution is -0.137. The molecule has 1 atom stereocenters. The second-order valence-corrected chi connectivity index (χ2v) is 6.12. The molecule has 1 N–H and O–H groups in total. The predicted molar refractivity (Wildman–Crippen MR) is 94.3 cm³/mol. The summed E-state index contributed by atoms with van der Waals surface area (Å²) in [4.78, 5) is 12.3. The van der Waals surface area contributed by atoms with Crippen molar-refractivity contribution in [3.8, 4) is 11.4 Å². The van der Waals surface area contributed by atoms with Crippen molar-refractivity contribution < 1.29 is 22.7 Å². The summed E-state index contributed by atoms with van der Waals surface area (Å²) in [5.74, 6) is -0.385. The van der Waals surface area contributed by atoms with Crippen LogP contribution < -0.4 is 10.1 Å². The number of alkyl halides is 3. The number of carbonyl (C=O) groups excluding carboxylic acids is 1. The lowest BCUT2D eigenvalue weighted by Gasteiger charge is -2.18. The van der Waals surface area contributed by atoms with Crippen LogP contribution in [0.2, 0.25) is 5.02 Å². The third kappa shape index (κ3) is 4.58. The van der Waals surface area contributed by atoms with E-state index in [0.717, 1.165) is 12.1 Å². The van der Waals surface area contributed by atoms with E-state index >= 15 is 0 Å². The number of hydrogen-bond donors (Lipinski definition) is 1. The van der Waals surface area contributed by atoms with Crippen molar-refractivity contribution in [1.29, 1.82) is 0 Å². The predicted octanol–water partition coefficient (Wildman–Crippen LogP) is 3.74. The number of ether oxygens (including phenoxy) is 1. The van der Waals surface area contributed by atoms with E-state index < -0.39 is 29.4 Å². The van der Waals surface area contributed by atoms with E-state index in [4.69, 9.17) is 16.3 Å². The van der Waals surface area contributed by atoms with E-state index in [1.807, 2.05) is 0 Å². The van der Waals surface area contributed by atoms with E-state index in [9.17, 15) is 18.0 Å². The quantitative estimate of drug-likeness (QED) is 0.691. The van der Waals surface area contributed by atoms with Gasteiger partial charge in [0, 0.05) is 5.02 Å². The minimum absolute atomic E-state index is 0.0858. The van der Waals surface area contributed by atoms with Crippen molar-refractivity contribution in [1.82, 2.24) is 20.2 Å². The number of tetrazole rings is 1. The van der Waals surface area contributed by atoms with Crippen LogP contribution in [0.3, 0.4) is 0 Å². The molecule has 0 aliphatic heterocycles. The summed E-state index contributed by atoms with van der Waals surface area (Å²) in [5, 5.41) is 12.9. The fraction of sp³-hybridized carbons (Fsp3) is 0.176. The summed E-state index contributed by atoms with van der Waals surface area (Å²) in [6.45, 7) is 1.42. The van der Waals surface area contributed by atoms with Gasteiger partial charge in [-0.05, 0) is 59.8 Å². The van der Waals surface area contributed by atoms with E-state index in [0.29, 0.717) is 11.4 Å². The molecule has 11 heteroatoms. The van der Waals surface area contributed by atoms with Crippen molar-refractivity contribution in [3.05, 3.63) is 59.4 Å². The molecule has 1 heterocycles. The number of rotatable bonds is 5. The van der Waals surface area contributed by atoms with Crippen LogP contribution in [-0.2, 0) is 11.0 Å². The molecule has 2 aromatic carbocycles. The Balaban J connectivity index is 1.69. The Morgan fingerprint density at radius 1 is 1.21 bits per heavy atom. The Labute approximate surface area is 162 Å². The molecular formula is C17H13ClF3N5O2. The molecule has 0 fully saturated rings. The molecule has 0 aliphatic rings. The Morgan fingerprint density at radius 2 is 1.93 bits per heavy atom. The smallest absolute Gasteiger partial charge is 0.418 e. The number of carbonyl (C=O) groups is 1. The molecule has 0 saturated carbocycles. The van der Waals surface area contributed by atoms with Crippen molar-refractivity contribution in [2.75, 3.05) is 5.32 Å². The van der Waals surface area contributed by atoms with Crippen LogP contribution in [0.1, 0.15) is 12.5 Å². The number of anilines is 1. The molecule has 3 aromatic rings. The molecule has 3 rings (SSSR count). The Hall–Kier alpha value is -3.14. The summed E-state index contributed by atoms with van der Waals surface area (Å²) >= 11 is 5.63. The number of nitrogens with zero attached hydrogens (tertiary/aromatic N) is 4. The summed E-state index contributed by atoms with van der Waals surface area (Å²) in [6.07, 6.45) is -4.30. The fourth-order valence-electron chi connectivity index (χ4n) is 2.31. The lowest BCUT2D eigenvalue weighted by Crippen LogP contribution is -2.31. The van der Waals surface area contributed by atoms with E-state index in [-0.39, 0.29) is 5.02 Å². The van der Waals surface area contributed by atoms with Crippen LogP contribution in [-0.4, -0.2) is 32.2 Å². The van der Waals surface area contributed by atoms with Gasteiger partial charge in [0.1, 0.15) is 12.1 Å². The van der Waals surface area contributed by atoms with Crippen LogP contribution in [0.25, 0.3) is 5.69 Å². The highest BCUT2D eigenvalue weighted by Crippen LogP contribution is 2.36. The molecule has 0 spiro atoms. The van der Waals surface area contributed by atoms with Crippen LogP contribution in [0.4, 0.5) is 18.9 Å². The van der Waals surface area contributed by atoms with Gasteiger partial charge in [-0.1, -0.05) is 11.6 Å². The van der Waals surface area contributed by atoms with Gasteiger partial charge >= 0.3 is 6.18 Å². The summed E-state index contributed by atoms with van der Waals surface area (Å²) in [6, 6.07) is 9.61. The van der Waals surface area contributed by atoms with E-state index in [2.05, 4.69) is 20.8 Å². The molecule has 1 amide bonds. The maximum Gasteiger partial charge on any atom is 0.418 e. The maximum absolute atomic E-state index is 13.1. The highest BCUT2D eigenvalue weighted by atomic mass is 35.5. The molecule has 146 valence electrons. The molecular weight excluding hydrogens is 399 g/mol. The molecule has 28 heavy (non-hydrogen) atoms. The maximum atomic E-state index is 13.1. The second kappa shape index (κ2) is 7.85. The second-order valence-electron chi connectivity index (χ2n) is 5.69. The highest BCUT2D eigenvalue weighted by Gasteiger charge is 2.34. The summed E-state index contributed by atoms with van der Waals surface area (Å²) < 4.78 is 46.3. The molecule has 0 bridgehead atoms.